The molecule has 0 unspecified atom stereocenters. The van der Waals surface area contributed by atoms with Crippen LogP contribution < -0.4 is 10.1 Å². The highest BCUT2D eigenvalue weighted by Crippen LogP contribution is 2.47. The number of carbonyl (C=O) groups excluding carboxylic acids is 1. The van der Waals surface area contributed by atoms with E-state index in [0.717, 1.165) is 31.7 Å². The number of amides is 2. The Morgan fingerprint density at radius 1 is 1.25 bits per heavy atom. The number of nitrogens with one attached hydrogen (secondary N) is 1. The Labute approximate surface area is 121 Å². The van der Waals surface area contributed by atoms with Crippen LogP contribution in [0, 0.1) is 0 Å². The van der Waals surface area contributed by atoms with Gasteiger partial charge >= 0.3 is 6.03 Å². The quantitative estimate of drug-likeness (QED) is 0.868. The van der Waals surface area contributed by atoms with Crippen LogP contribution in [0.3, 0.4) is 0 Å². The van der Waals surface area contributed by atoms with Crippen molar-refractivity contribution in [3.8, 4) is 5.75 Å². The highest BCUT2D eigenvalue weighted by Gasteiger charge is 2.44. The van der Waals surface area contributed by atoms with Gasteiger partial charge in [-0.25, -0.2) is 4.79 Å². The van der Waals surface area contributed by atoms with Crippen LogP contribution in [0.4, 0.5) is 4.79 Å². The number of ether oxygens (including phenoxy) is 1. The molecular formula is C16H24N2O2. The van der Waals surface area contributed by atoms with E-state index in [-0.39, 0.29) is 11.4 Å². The number of methoxy groups -OCH3 is 1. The fourth-order valence-corrected chi connectivity index (χ4v) is 2.53. The van der Waals surface area contributed by atoms with E-state index in [9.17, 15) is 4.79 Å². The number of rotatable bonds is 6. The first-order valence-corrected chi connectivity index (χ1v) is 7.32. The monoisotopic (exact) mass is 276 g/mol. The number of hydrogen-bond donors (Lipinski definition) is 1. The van der Waals surface area contributed by atoms with E-state index in [4.69, 9.17) is 4.74 Å². The molecule has 2 amide bonds. The second-order valence-corrected chi connectivity index (χ2v) is 5.34. The van der Waals surface area contributed by atoms with Gasteiger partial charge in [0.2, 0.25) is 0 Å². The van der Waals surface area contributed by atoms with Crippen molar-refractivity contribution in [2.24, 2.45) is 0 Å². The molecule has 1 N–H and O–H groups in total. The SMILES string of the molecule is CCN(CC)C(=O)NCC1(c2ccc(OC)cc2)CC1. The van der Waals surface area contributed by atoms with Crippen LogP contribution in [0.5, 0.6) is 5.75 Å². The van der Waals surface area contributed by atoms with Crippen LogP contribution in [0.25, 0.3) is 0 Å². The highest BCUT2D eigenvalue weighted by molar-refractivity contribution is 5.74. The fraction of sp³-hybridized carbons (Fsp3) is 0.562. The van der Waals surface area contributed by atoms with E-state index in [1.807, 2.05) is 30.9 Å². The van der Waals surface area contributed by atoms with Crippen LogP contribution >= 0.6 is 0 Å². The number of carbonyl (C=O) groups is 1. The zero-order valence-electron chi connectivity index (χ0n) is 12.6. The lowest BCUT2D eigenvalue weighted by Gasteiger charge is -2.22. The molecule has 0 radical (unpaired) electrons. The summed E-state index contributed by atoms with van der Waals surface area (Å²) in [4.78, 5) is 13.8. The van der Waals surface area contributed by atoms with Crippen molar-refractivity contribution < 1.29 is 9.53 Å². The third-order valence-electron chi connectivity index (χ3n) is 4.18. The summed E-state index contributed by atoms with van der Waals surface area (Å²) in [5.41, 5.74) is 1.42. The molecule has 110 valence electrons. The average Bonchev–Trinajstić information content (AvgIpc) is 3.28. The maximum Gasteiger partial charge on any atom is 0.317 e. The highest BCUT2D eigenvalue weighted by atomic mass is 16.5. The minimum atomic E-state index is 0.0368. The molecule has 0 heterocycles. The van der Waals surface area contributed by atoms with Gasteiger partial charge in [0.1, 0.15) is 5.75 Å². The van der Waals surface area contributed by atoms with Gasteiger partial charge in [-0.15, -0.1) is 0 Å². The molecule has 0 aliphatic heterocycles. The summed E-state index contributed by atoms with van der Waals surface area (Å²) in [5, 5.41) is 3.07. The molecule has 0 aromatic heterocycles. The molecule has 0 saturated heterocycles. The van der Waals surface area contributed by atoms with Crippen molar-refractivity contribution >= 4 is 6.03 Å². The van der Waals surface area contributed by atoms with Gasteiger partial charge < -0.3 is 15.0 Å². The summed E-state index contributed by atoms with van der Waals surface area (Å²) in [6, 6.07) is 8.23. The van der Waals surface area contributed by atoms with E-state index < -0.39 is 0 Å². The molecule has 1 aliphatic rings. The van der Waals surface area contributed by atoms with Crippen LogP contribution in [0.1, 0.15) is 32.3 Å². The first kappa shape index (κ1) is 14.7. The number of benzene rings is 1. The van der Waals surface area contributed by atoms with Crippen molar-refractivity contribution in [2.75, 3.05) is 26.7 Å². The first-order valence-electron chi connectivity index (χ1n) is 7.32. The molecule has 1 aliphatic carbocycles. The van der Waals surface area contributed by atoms with Gasteiger partial charge in [0, 0.05) is 25.0 Å². The Morgan fingerprint density at radius 3 is 2.30 bits per heavy atom. The predicted molar refractivity (Wildman–Crippen MR) is 80.2 cm³/mol. The molecule has 0 atom stereocenters. The van der Waals surface area contributed by atoms with Gasteiger partial charge in [-0.3, -0.25) is 0 Å². The zero-order chi connectivity index (χ0) is 14.6. The van der Waals surface area contributed by atoms with Crippen LogP contribution in [0.2, 0.25) is 0 Å². The van der Waals surface area contributed by atoms with Crippen molar-refractivity contribution in [2.45, 2.75) is 32.1 Å². The van der Waals surface area contributed by atoms with Gasteiger partial charge in [0.25, 0.3) is 0 Å². The third kappa shape index (κ3) is 3.06. The zero-order valence-corrected chi connectivity index (χ0v) is 12.6. The van der Waals surface area contributed by atoms with Gasteiger partial charge in [0.15, 0.2) is 0 Å². The van der Waals surface area contributed by atoms with Gasteiger partial charge in [0.05, 0.1) is 7.11 Å². The van der Waals surface area contributed by atoms with Crippen LogP contribution in [-0.4, -0.2) is 37.7 Å². The van der Waals surface area contributed by atoms with Crippen molar-refractivity contribution in [3.05, 3.63) is 29.8 Å². The Kier molecular flexibility index (Phi) is 4.53. The largest absolute Gasteiger partial charge is 0.497 e. The van der Waals surface area contributed by atoms with E-state index in [0.29, 0.717) is 6.54 Å². The molecular weight excluding hydrogens is 252 g/mol. The lowest BCUT2D eigenvalue weighted by molar-refractivity contribution is 0.202. The topological polar surface area (TPSA) is 41.6 Å². The molecule has 4 nitrogen and oxygen atoms in total. The van der Waals surface area contributed by atoms with E-state index in [1.54, 1.807) is 7.11 Å². The van der Waals surface area contributed by atoms with Crippen LogP contribution in [-0.2, 0) is 5.41 Å². The second kappa shape index (κ2) is 6.16. The fourth-order valence-electron chi connectivity index (χ4n) is 2.53. The Bertz CT molecular complexity index is 448. The Morgan fingerprint density at radius 2 is 1.85 bits per heavy atom. The molecule has 20 heavy (non-hydrogen) atoms. The molecule has 4 heteroatoms. The molecule has 1 aromatic rings. The molecule has 2 rings (SSSR count). The normalized spacial score (nSPS) is 15.6. The summed E-state index contributed by atoms with van der Waals surface area (Å²) < 4.78 is 5.18. The van der Waals surface area contributed by atoms with Crippen molar-refractivity contribution in [1.29, 1.82) is 0 Å². The summed E-state index contributed by atoms with van der Waals surface area (Å²) >= 11 is 0. The van der Waals surface area contributed by atoms with Crippen molar-refractivity contribution in [3.63, 3.8) is 0 Å². The number of hydrogen-bond acceptors (Lipinski definition) is 2. The minimum absolute atomic E-state index is 0.0368. The smallest absolute Gasteiger partial charge is 0.317 e. The van der Waals surface area contributed by atoms with Crippen LogP contribution in [0.15, 0.2) is 24.3 Å². The third-order valence-corrected chi connectivity index (χ3v) is 4.18. The molecule has 1 aromatic carbocycles. The molecule has 0 bridgehead atoms. The Balaban J connectivity index is 1.96. The lowest BCUT2D eigenvalue weighted by atomic mass is 9.96. The summed E-state index contributed by atoms with van der Waals surface area (Å²) in [5.74, 6) is 0.872. The molecule has 1 fully saturated rings. The van der Waals surface area contributed by atoms with E-state index in [1.165, 1.54) is 5.56 Å². The summed E-state index contributed by atoms with van der Waals surface area (Å²) in [6.45, 7) is 6.21. The van der Waals surface area contributed by atoms with Crippen molar-refractivity contribution in [1.82, 2.24) is 10.2 Å². The molecule has 0 spiro atoms. The minimum Gasteiger partial charge on any atom is -0.497 e. The molecule has 1 saturated carbocycles. The van der Waals surface area contributed by atoms with Gasteiger partial charge in [-0.05, 0) is 44.4 Å². The average molecular weight is 276 g/mol. The predicted octanol–water partition coefficient (Wildman–Crippen LogP) is 2.78. The first-order chi connectivity index (χ1) is 9.65. The van der Waals surface area contributed by atoms with E-state index >= 15 is 0 Å². The van der Waals surface area contributed by atoms with Gasteiger partial charge in [-0.2, -0.15) is 0 Å². The second-order valence-electron chi connectivity index (χ2n) is 5.34. The summed E-state index contributed by atoms with van der Waals surface area (Å²) in [6.07, 6.45) is 2.27. The maximum atomic E-state index is 12.0. The van der Waals surface area contributed by atoms with E-state index in [2.05, 4.69) is 17.4 Å². The lowest BCUT2D eigenvalue weighted by Crippen LogP contribution is -2.42. The standard InChI is InChI=1S/C16H24N2O2/c1-4-18(5-2)15(19)17-12-16(10-11-16)13-6-8-14(20-3)9-7-13/h6-9H,4-5,10-12H2,1-3H3,(H,17,19). The summed E-state index contributed by atoms with van der Waals surface area (Å²) in [7, 11) is 1.67. The Hall–Kier alpha value is -1.71. The number of urea groups is 1. The maximum absolute atomic E-state index is 12.0. The van der Waals surface area contributed by atoms with Gasteiger partial charge in [-0.1, -0.05) is 12.1 Å². The number of nitrogens with zero attached hydrogens (tertiary/aromatic N) is 1.